The molecule has 2 heterocycles. The molecular weight excluding hydrogens is 208 g/mol. The summed E-state index contributed by atoms with van der Waals surface area (Å²) < 4.78 is 10.2. The molecule has 0 aliphatic carbocycles. The first-order chi connectivity index (χ1) is 7.58. The Morgan fingerprint density at radius 2 is 1.25 bits per heavy atom. The van der Waals surface area contributed by atoms with Gasteiger partial charge < -0.3 is 9.47 Å². The highest BCUT2D eigenvalue weighted by atomic mass is 16.6. The molecule has 3 rings (SSSR count). The van der Waals surface area contributed by atoms with Crippen molar-refractivity contribution >= 4 is 11.9 Å². The third-order valence-electron chi connectivity index (χ3n) is 3.11. The van der Waals surface area contributed by atoms with Crippen molar-refractivity contribution in [2.45, 2.75) is 26.1 Å². The summed E-state index contributed by atoms with van der Waals surface area (Å²) in [5.41, 5.74) is 2.65. The fourth-order valence-electron chi connectivity index (χ4n) is 2.23. The second-order valence-electron chi connectivity index (χ2n) is 4.12. The first-order valence-corrected chi connectivity index (χ1v) is 5.17. The minimum Gasteiger partial charge on any atom is -0.454 e. The van der Waals surface area contributed by atoms with Crippen molar-refractivity contribution in [1.82, 2.24) is 0 Å². The van der Waals surface area contributed by atoms with Gasteiger partial charge in [0, 0.05) is 11.1 Å². The number of hydrogen-bond donors (Lipinski definition) is 0. The number of rotatable bonds is 0. The van der Waals surface area contributed by atoms with Gasteiger partial charge in [0.15, 0.2) is 0 Å². The Morgan fingerprint density at radius 1 is 0.875 bits per heavy atom. The molecular formula is C12H10O4. The van der Waals surface area contributed by atoms with E-state index in [4.69, 9.17) is 9.47 Å². The van der Waals surface area contributed by atoms with Crippen LogP contribution >= 0.6 is 0 Å². The molecule has 0 amide bonds. The third kappa shape index (κ3) is 1.04. The third-order valence-corrected chi connectivity index (χ3v) is 3.11. The second-order valence-corrected chi connectivity index (χ2v) is 4.12. The predicted octanol–water partition coefficient (Wildman–Crippen LogP) is 2.15. The van der Waals surface area contributed by atoms with Crippen LogP contribution in [0.15, 0.2) is 12.1 Å². The molecule has 0 N–H and O–H groups in total. The van der Waals surface area contributed by atoms with Crippen LogP contribution < -0.4 is 0 Å². The monoisotopic (exact) mass is 218 g/mol. The van der Waals surface area contributed by atoms with Crippen LogP contribution in [0.2, 0.25) is 0 Å². The van der Waals surface area contributed by atoms with Crippen molar-refractivity contribution in [3.63, 3.8) is 0 Å². The molecule has 0 fully saturated rings. The summed E-state index contributed by atoms with van der Waals surface area (Å²) in [6.07, 6.45) is -0.562. The molecule has 0 saturated heterocycles. The fourth-order valence-corrected chi connectivity index (χ4v) is 2.23. The molecule has 2 aliphatic rings. The molecule has 0 bridgehead atoms. The van der Waals surface area contributed by atoms with Gasteiger partial charge in [-0.15, -0.1) is 0 Å². The molecule has 0 saturated carbocycles. The first-order valence-electron chi connectivity index (χ1n) is 5.17. The van der Waals surface area contributed by atoms with Gasteiger partial charge in [-0.2, -0.15) is 0 Å². The number of benzene rings is 1. The van der Waals surface area contributed by atoms with E-state index < -0.39 is 0 Å². The Bertz CT molecular complexity index is 470. The van der Waals surface area contributed by atoms with E-state index in [0.717, 1.165) is 11.1 Å². The van der Waals surface area contributed by atoms with Crippen LogP contribution in [0.5, 0.6) is 0 Å². The van der Waals surface area contributed by atoms with E-state index in [-0.39, 0.29) is 24.1 Å². The average molecular weight is 218 g/mol. The number of carbonyl (C=O) groups is 2. The molecule has 0 radical (unpaired) electrons. The molecule has 1 aromatic carbocycles. The molecule has 0 aromatic heterocycles. The van der Waals surface area contributed by atoms with E-state index >= 15 is 0 Å². The van der Waals surface area contributed by atoms with Gasteiger partial charge >= 0.3 is 11.9 Å². The van der Waals surface area contributed by atoms with Crippen LogP contribution in [0.1, 0.15) is 57.9 Å². The molecule has 4 nitrogen and oxygen atoms in total. The number of esters is 2. The largest absolute Gasteiger partial charge is 0.454 e. The highest BCUT2D eigenvalue weighted by Crippen LogP contribution is 2.38. The van der Waals surface area contributed by atoms with E-state index in [9.17, 15) is 9.59 Å². The van der Waals surface area contributed by atoms with E-state index in [1.807, 2.05) is 0 Å². The van der Waals surface area contributed by atoms with E-state index in [1.54, 1.807) is 26.0 Å². The van der Waals surface area contributed by atoms with Crippen molar-refractivity contribution in [2.75, 3.05) is 0 Å². The van der Waals surface area contributed by atoms with Gasteiger partial charge in [0.25, 0.3) is 0 Å². The van der Waals surface area contributed by atoms with Crippen LogP contribution in [-0.4, -0.2) is 11.9 Å². The highest BCUT2D eigenvalue weighted by Gasteiger charge is 2.35. The summed E-state index contributed by atoms with van der Waals surface area (Å²) in [4.78, 5) is 23.0. The zero-order chi connectivity index (χ0) is 11.4. The van der Waals surface area contributed by atoms with Gasteiger partial charge in [0.05, 0.1) is 11.1 Å². The maximum Gasteiger partial charge on any atom is 0.339 e. The average Bonchev–Trinajstić information content (AvgIpc) is 2.67. The summed E-state index contributed by atoms with van der Waals surface area (Å²) in [6.45, 7) is 3.58. The maximum atomic E-state index is 11.5. The van der Waals surface area contributed by atoms with Crippen LogP contribution in [-0.2, 0) is 9.47 Å². The summed E-state index contributed by atoms with van der Waals surface area (Å²) in [5.74, 6) is -0.645. The topological polar surface area (TPSA) is 52.6 Å². The second kappa shape index (κ2) is 2.84. The van der Waals surface area contributed by atoms with Crippen LogP contribution in [0.25, 0.3) is 0 Å². The lowest BCUT2D eigenvalue weighted by Gasteiger charge is -2.04. The maximum absolute atomic E-state index is 11.5. The van der Waals surface area contributed by atoms with Gasteiger partial charge in [-0.25, -0.2) is 9.59 Å². The Kier molecular flexibility index (Phi) is 1.67. The summed E-state index contributed by atoms with van der Waals surface area (Å²) in [5, 5.41) is 0. The van der Waals surface area contributed by atoms with Crippen molar-refractivity contribution in [3.05, 3.63) is 34.4 Å². The lowest BCUT2D eigenvalue weighted by atomic mass is 9.96. The summed E-state index contributed by atoms with van der Waals surface area (Å²) >= 11 is 0. The van der Waals surface area contributed by atoms with Crippen molar-refractivity contribution in [1.29, 1.82) is 0 Å². The summed E-state index contributed by atoms with van der Waals surface area (Å²) in [7, 11) is 0. The van der Waals surface area contributed by atoms with Gasteiger partial charge in [-0.05, 0) is 26.0 Å². The number of carbonyl (C=O) groups excluding carboxylic acids is 2. The fraction of sp³-hybridized carbons (Fsp3) is 0.333. The molecule has 0 unspecified atom stereocenters. The Hall–Kier alpha value is -1.84. The van der Waals surface area contributed by atoms with E-state index in [2.05, 4.69) is 0 Å². The van der Waals surface area contributed by atoms with Gasteiger partial charge in [0.2, 0.25) is 0 Å². The minimum absolute atomic E-state index is 0.281. The Labute approximate surface area is 92.2 Å². The van der Waals surface area contributed by atoms with Crippen LogP contribution in [0.3, 0.4) is 0 Å². The Morgan fingerprint density at radius 3 is 1.62 bits per heavy atom. The normalized spacial score (nSPS) is 26.1. The molecule has 16 heavy (non-hydrogen) atoms. The molecule has 4 heteroatoms. The summed E-state index contributed by atoms with van der Waals surface area (Å²) in [6, 6.07) is 3.43. The highest BCUT2D eigenvalue weighted by molar-refractivity contribution is 5.99. The van der Waals surface area contributed by atoms with Crippen molar-refractivity contribution in [2.24, 2.45) is 0 Å². The number of ether oxygens (including phenoxy) is 2. The predicted molar refractivity (Wildman–Crippen MR) is 54.1 cm³/mol. The molecule has 82 valence electrons. The van der Waals surface area contributed by atoms with Gasteiger partial charge in [0.1, 0.15) is 12.2 Å². The smallest absolute Gasteiger partial charge is 0.339 e. The number of fused-ring (bicyclic) bond motifs is 2. The van der Waals surface area contributed by atoms with Crippen LogP contribution in [0.4, 0.5) is 0 Å². The standard InChI is InChI=1S/C12H10O4/c1-5-7-3-10-8(6(2)16-12(10)14)4-9(7)11(13)15-5/h3-6H,1-2H3/t5-,6-/m0/s1. The molecule has 1 aromatic rings. The minimum atomic E-state index is -0.322. The van der Waals surface area contributed by atoms with Crippen LogP contribution in [0, 0.1) is 0 Å². The molecule has 2 aliphatic heterocycles. The van der Waals surface area contributed by atoms with Gasteiger partial charge in [-0.3, -0.25) is 0 Å². The van der Waals surface area contributed by atoms with E-state index in [1.165, 1.54) is 0 Å². The van der Waals surface area contributed by atoms with E-state index in [0.29, 0.717) is 11.1 Å². The SMILES string of the molecule is C[C@@H]1OC(=O)c2cc3c(cc21)C(=O)O[C@H]3C. The molecule has 0 spiro atoms. The zero-order valence-corrected chi connectivity index (χ0v) is 8.94. The lowest BCUT2D eigenvalue weighted by molar-refractivity contribution is 0.0420. The zero-order valence-electron chi connectivity index (χ0n) is 8.94. The van der Waals surface area contributed by atoms with Crippen molar-refractivity contribution in [3.8, 4) is 0 Å². The Balaban J connectivity index is 2.25. The van der Waals surface area contributed by atoms with Crippen molar-refractivity contribution < 1.29 is 19.1 Å². The quantitative estimate of drug-likeness (QED) is 0.626. The van der Waals surface area contributed by atoms with Gasteiger partial charge in [-0.1, -0.05) is 0 Å². The lowest BCUT2D eigenvalue weighted by Crippen LogP contribution is -1.97. The number of cyclic esters (lactones) is 2. The first kappa shape index (κ1) is 9.39. The molecule has 2 atom stereocenters. The number of hydrogen-bond acceptors (Lipinski definition) is 4.